The van der Waals surface area contributed by atoms with Gasteiger partial charge in [-0.15, -0.1) is 0 Å². The van der Waals surface area contributed by atoms with E-state index in [1.165, 1.54) is 0 Å². The molecule has 2 nitrogen and oxygen atoms in total. The van der Waals surface area contributed by atoms with E-state index in [1.807, 2.05) is 36.4 Å². The molecule has 0 aliphatic carbocycles. The number of rotatable bonds is 3. The lowest BCUT2D eigenvalue weighted by Gasteiger charge is -2.06. The highest BCUT2D eigenvalue weighted by molar-refractivity contribution is 5.93. The lowest BCUT2D eigenvalue weighted by atomic mass is 10.0. The molecule has 2 rings (SSSR count). The molecule has 0 fully saturated rings. The zero-order valence-corrected chi connectivity index (χ0v) is 10.4. The third kappa shape index (κ3) is 2.64. The molecule has 0 aromatic heterocycles. The number of hydrogen-bond donors (Lipinski definition) is 1. The number of aliphatic hydroxyl groups excluding tert-OH is 1. The van der Waals surface area contributed by atoms with Crippen molar-refractivity contribution >= 4 is 10.8 Å². The molecule has 2 aromatic rings. The van der Waals surface area contributed by atoms with Gasteiger partial charge in [0.05, 0.1) is 7.11 Å². The molecule has 92 valence electrons. The molecule has 2 aromatic carbocycles. The van der Waals surface area contributed by atoms with E-state index in [4.69, 9.17) is 9.84 Å². The highest BCUT2D eigenvalue weighted by atomic mass is 16.5. The van der Waals surface area contributed by atoms with Crippen molar-refractivity contribution in [2.24, 2.45) is 0 Å². The van der Waals surface area contributed by atoms with Crippen LogP contribution in [0.4, 0.5) is 0 Å². The summed E-state index contributed by atoms with van der Waals surface area (Å²) in [6.45, 7) is 0.193. The first-order valence-corrected chi connectivity index (χ1v) is 6.02. The van der Waals surface area contributed by atoms with E-state index in [1.54, 1.807) is 7.11 Å². The summed E-state index contributed by atoms with van der Waals surface area (Å²) in [6.07, 6.45) is 1.44. The second-order valence-corrected chi connectivity index (χ2v) is 3.99. The molecule has 0 heterocycles. The summed E-state index contributed by atoms with van der Waals surface area (Å²) in [5.74, 6) is 7.11. The van der Waals surface area contributed by atoms with Crippen molar-refractivity contribution in [3.8, 4) is 17.6 Å². The van der Waals surface area contributed by atoms with Gasteiger partial charge in [-0.05, 0) is 18.6 Å². The number of fused-ring (bicyclic) bond motifs is 1. The van der Waals surface area contributed by atoms with E-state index in [2.05, 4.69) is 11.8 Å². The Morgan fingerprint density at radius 2 is 1.89 bits per heavy atom. The average Bonchev–Trinajstić information content (AvgIpc) is 2.43. The first-order valence-electron chi connectivity index (χ1n) is 6.02. The van der Waals surface area contributed by atoms with Gasteiger partial charge in [0, 0.05) is 29.4 Å². The van der Waals surface area contributed by atoms with Crippen LogP contribution in [0.25, 0.3) is 10.8 Å². The van der Waals surface area contributed by atoms with E-state index in [0.717, 1.165) is 34.9 Å². The van der Waals surface area contributed by atoms with Gasteiger partial charge in [0.15, 0.2) is 0 Å². The van der Waals surface area contributed by atoms with Gasteiger partial charge in [0.1, 0.15) is 5.75 Å². The molecule has 0 bridgehead atoms. The third-order valence-electron chi connectivity index (χ3n) is 2.79. The molecule has 0 atom stereocenters. The largest absolute Gasteiger partial charge is 0.496 e. The van der Waals surface area contributed by atoms with Crippen LogP contribution in [-0.2, 0) is 0 Å². The minimum absolute atomic E-state index is 0.193. The highest BCUT2D eigenvalue weighted by Crippen LogP contribution is 2.27. The van der Waals surface area contributed by atoms with Crippen LogP contribution >= 0.6 is 0 Å². The van der Waals surface area contributed by atoms with Crippen LogP contribution in [0.5, 0.6) is 5.75 Å². The monoisotopic (exact) mass is 240 g/mol. The van der Waals surface area contributed by atoms with Gasteiger partial charge in [-0.25, -0.2) is 0 Å². The summed E-state index contributed by atoms with van der Waals surface area (Å²) in [5, 5.41) is 10.9. The molecule has 0 spiro atoms. The van der Waals surface area contributed by atoms with Gasteiger partial charge in [0.2, 0.25) is 0 Å². The SMILES string of the molecule is COc1ccc(C#CCCCO)c2ccccc12. The van der Waals surface area contributed by atoms with Crippen molar-refractivity contribution in [1.29, 1.82) is 0 Å². The maximum atomic E-state index is 8.72. The fourth-order valence-corrected chi connectivity index (χ4v) is 1.88. The van der Waals surface area contributed by atoms with E-state index in [0.29, 0.717) is 0 Å². The molecule has 0 saturated carbocycles. The Hall–Kier alpha value is -1.98. The van der Waals surface area contributed by atoms with Crippen molar-refractivity contribution < 1.29 is 9.84 Å². The molecular weight excluding hydrogens is 224 g/mol. The highest BCUT2D eigenvalue weighted by Gasteiger charge is 2.03. The smallest absolute Gasteiger partial charge is 0.126 e. The van der Waals surface area contributed by atoms with Crippen LogP contribution in [0, 0.1) is 11.8 Å². The maximum absolute atomic E-state index is 8.72. The summed E-state index contributed by atoms with van der Waals surface area (Å²) >= 11 is 0. The van der Waals surface area contributed by atoms with Gasteiger partial charge in [-0.1, -0.05) is 36.1 Å². The topological polar surface area (TPSA) is 29.5 Å². The van der Waals surface area contributed by atoms with Crippen LogP contribution in [0.1, 0.15) is 18.4 Å². The molecule has 0 aliphatic heterocycles. The van der Waals surface area contributed by atoms with Gasteiger partial charge < -0.3 is 9.84 Å². The van der Waals surface area contributed by atoms with Crippen molar-refractivity contribution in [2.75, 3.05) is 13.7 Å². The Labute approximate surface area is 107 Å². The number of methoxy groups -OCH3 is 1. The van der Waals surface area contributed by atoms with Gasteiger partial charge in [-0.2, -0.15) is 0 Å². The maximum Gasteiger partial charge on any atom is 0.126 e. The average molecular weight is 240 g/mol. The summed E-state index contributed by atoms with van der Waals surface area (Å²) in [5.41, 5.74) is 1.00. The lowest BCUT2D eigenvalue weighted by molar-refractivity contribution is 0.290. The van der Waals surface area contributed by atoms with Gasteiger partial charge in [-0.3, -0.25) is 0 Å². The zero-order valence-electron chi connectivity index (χ0n) is 10.4. The van der Waals surface area contributed by atoms with Crippen molar-refractivity contribution in [2.45, 2.75) is 12.8 Å². The lowest BCUT2D eigenvalue weighted by Crippen LogP contribution is -1.87. The molecule has 0 radical (unpaired) electrons. The number of unbranched alkanes of at least 4 members (excludes halogenated alkanes) is 1. The van der Waals surface area contributed by atoms with Crippen molar-refractivity contribution in [3.63, 3.8) is 0 Å². The van der Waals surface area contributed by atoms with Crippen LogP contribution < -0.4 is 4.74 Å². The summed E-state index contributed by atoms with van der Waals surface area (Å²) < 4.78 is 5.34. The Morgan fingerprint density at radius 3 is 2.61 bits per heavy atom. The van der Waals surface area contributed by atoms with Gasteiger partial charge >= 0.3 is 0 Å². The standard InChI is InChI=1S/C16H16O2/c1-18-16-11-10-13(7-3-2-6-12-17)14-8-4-5-9-15(14)16/h4-5,8-11,17H,2,6,12H2,1H3. The minimum Gasteiger partial charge on any atom is -0.496 e. The predicted octanol–water partition coefficient (Wildman–Crippen LogP) is 2.97. The minimum atomic E-state index is 0.193. The zero-order chi connectivity index (χ0) is 12.8. The van der Waals surface area contributed by atoms with E-state index < -0.39 is 0 Å². The van der Waals surface area contributed by atoms with Crippen molar-refractivity contribution in [3.05, 3.63) is 42.0 Å². The first kappa shape index (κ1) is 12.5. The predicted molar refractivity (Wildman–Crippen MR) is 73.7 cm³/mol. The summed E-state index contributed by atoms with van der Waals surface area (Å²) in [7, 11) is 1.67. The molecule has 1 N–H and O–H groups in total. The quantitative estimate of drug-likeness (QED) is 0.660. The van der Waals surface area contributed by atoms with Crippen LogP contribution in [-0.4, -0.2) is 18.8 Å². The number of benzene rings is 2. The Kier molecular flexibility index (Phi) is 4.22. The molecular formula is C16H16O2. The molecule has 0 saturated heterocycles. The van der Waals surface area contributed by atoms with Crippen molar-refractivity contribution in [1.82, 2.24) is 0 Å². The van der Waals surface area contributed by atoms with E-state index in [9.17, 15) is 0 Å². The molecule has 0 aliphatic rings. The van der Waals surface area contributed by atoms with Crippen LogP contribution in [0.2, 0.25) is 0 Å². The normalized spacial score (nSPS) is 9.89. The third-order valence-corrected chi connectivity index (χ3v) is 2.79. The fourth-order valence-electron chi connectivity index (χ4n) is 1.88. The number of aliphatic hydroxyl groups is 1. The summed E-state index contributed by atoms with van der Waals surface area (Å²) in [6, 6.07) is 12.0. The fraction of sp³-hybridized carbons (Fsp3) is 0.250. The molecule has 0 unspecified atom stereocenters. The summed E-state index contributed by atoms with van der Waals surface area (Å²) in [4.78, 5) is 0. The Morgan fingerprint density at radius 1 is 1.11 bits per heavy atom. The van der Waals surface area contributed by atoms with Crippen LogP contribution in [0.15, 0.2) is 36.4 Å². The molecule has 0 amide bonds. The van der Waals surface area contributed by atoms with E-state index in [-0.39, 0.29) is 6.61 Å². The van der Waals surface area contributed by atoms with E-state index >= 15 is 0 Å². The Bertz CT molecular complexity index is 591. The molecule has 2 heteroatoms. The first-order chi connectivity index (χ1) is 8.86. The van der Waals surface area contributed by atoms with Gasteiger partial charge in [0.25, 0.3) is 0 Å². The number of hydrogen-bond acceptors (Lipinski definition) is 2. The second-order valence-electron chi connectivity index (χ2n) is 3.99. The van der Waals surface area contributed by atoms with Crippen LogP contribution in [0.3, 0.4) is 0 Å². The molecule has 18 heavy (non-hydrogen) atoms. The Balaban J connectivity index is 2.42. The second kappa shape index (κ2) is 6.09. The number of ether oxygens (including phenoxy) is 1.